The van der Waals surface area contributed by atoms with Crippen molar-refractivity contribution in [3.8, 4) is 0 Å². The lowest BCUT2D eigenvalue weighted by molar-refractivity contribution is 0.370. The molecule has 1 heterocycles. The molecule has 0 fully saturated rings. The van der Waals surface area contributed by atoms with Crippen LogP contribution in [-0.4, -0.2) is 14.0 Å². The van der Waals surface area contributed by atoms with Gasteiger partial charge in [-0.25, -0.2) is 13.1 Å². The molecule has 98 valence electrons. The molecule has 6 heteroatoms. The lowest BCUT2D eigenvalue weighted by Gasteiger charge is -2.27. The minimum Gasteiger partial charge on any atom is -0.447 e. The molecule has 1 aromatic heterocycles. The van der Waals surface area contributed by atoms with Crippen LogP contribution in [0.3, 0.4) is 0 Å². The van der Waals surface area contributed by atoms with Crippen molar-refractivity contribution in [2.75, 3.05) is 0 Å². The van der Waals surface area contributed by atoms with Crippen LogP contribution in [0.2, 0.25) is 0 Å². The van der Waals surface area contributed by atoms with Crippen LogP contribution in [0, 0.1) is 0 Å². The number of hydrogen-bond donors (Lipinski definition) is 2. The van der Waals surface area contributed by atoms with Crippen LogP contribution in [-0.2, 0) is 16.6 Å². The summed E-state index contributed by atoms with van der Waals surface area (Å²) in [4.78, 5) is 0. The fourth-order valence-electron chi connectivity index (χ4n) is 1.38. The van der Waals surface area contributed by atoms with Crippen molar-refractivity contribution >= 4 is 10.0 Å². The minimum atomic E-state index is -3.60. The van der Waals surface area contributed by atoms with Gasteiger partial charge >= 0.3 is 0 Å². The van der Waals surface area contributed by atoms with Gasteiger partial charge in [0, 0.05) is 5.54 Å². The summed E-state index contributed by atoms with van der Waals surface area (Å²) in [6.45, 7) is 5.95. The zero-order chi connectivity index (χ0) is 13.1. The van der Waals surface area contributed by atoms with Crippen LogP contribution < -0.4 is 10.5 Å². The highest BCUT2D eigenvalue weighted by Crippen LogP contribution is 2.20. The summed E-state index contributed by atoms with van der Waals surface area (Å²) < 4.78 is 31.9. The highest BCUT2D eigenvalue weighted by molar-refractivity contribution is 7.89. The third-order valence-corrected chi connectivity index (χ3v) is 4.56. The number of nitrogens with two attached hydrogens (primary N) is 1. The van der Waals surface area contributed by atoms with Gasteiger partial charge in [0.25, 0.3) is 10.0 Å². The number of furan rings is 1. The molecule has 0 unspecified atom stereocenters. The van der Waals surface area contributed by atoms with E-state index >= 15 is 0 Å². The van der Waals surface area contributed by atoms with E-state index in [9.17, 15) is 8.42 Å². The zero-order valence-corrected chi connectivity index (χ0v) is 11.3. The van der Waals surface area contributed by atoms with E-state index in [1.54, 1.807) is 6.07 Å². The van der Waals surface area contributed by atoms with Gasteiger partial charge in [0.05, 0.1) is 6.54 Å². The van der Waals surface area contributed by atoms with Gasteiger partial charge in [-0.3, -0.25) is 0 Å². The second kappa shape index (κ2) is 5.20. The average molecular weight is 260 g/mol. The number of hydrogen-bond acceptors (Lipinski definition) is 4. The van der Waals surface area contributed by atoms with Gasteiger partial charge in [-0.05, 0) is 31.9 Å². The van der Waals surface area contributed by atoms with Crippen LogP contribution in [0.5, 0.6) is 0 Å². The van der Waals surface area contributed by atoms with Crippen LogP contribution in [0.15, 0.2) is 21.6 Å². The van der Waals surface area contributed by atoms with E-state index in [2.05, 4.69) is 4.72 Å². The van der Waals surface area contributed by atoms with Crippen LogP contribution in [0.1, 0.15) is 39.4 Å². The summed E-state index contributed by atoms with van der Waals surface area (Å²) >= 11 is 0. The highest BCUT2D eigenvalue weighted by Gasteiger charge is 2.29. The highest BCUT2D eigenvalue weighted by atomic mass is 32.2. The molecule has 5 nitrogen and oxygen atoms in total. The molecular formula is C11H20N2O3S. The maximum Gasteiger partial charge on any atom is 0.274 e. The van der Waals surface area contributed by atoms with Crippen molar-refractivity contribution in [2.24, 2.45) is 5.73 Å². The Morgan fingerprint density at radius 2 is 1.94 bits per heavy atom. The normalized spacial score (nSPS) is 12.9. The number of rotatable bonds is 6. The molecule has 0 saturated carbocycles. The molecule has 0 aliphatic rings. The topological polar surface area (TPSA) is 85.3 Å². The van der Waals surface area contributed by atoms with E-state index in [1.807, 2.05) is 20.8 Å². The lowest BCUT2D eigenvalue weighted by atomic mass is 9.98. The predicted octanol–water partition coefficient (Wildman–Crippen LogP) is 1.60. The van der Waals surface area contributed by atoms with Crippen molar-refractivity contribution < 1.29 is 12.8 Å². The second-order valence-corrected chi connectivity index (χ2v) is 5.91. The first-order chi connectivity index (χ1) is 7.87. The van der Waals surface area contributed by atoms with Gasteiger partial charge in [-0.1, -0.05) is 13.8 Å². The Balaban J connectivity index is 2.96. The van der Waals surface area contributed by atoms with Crippen molar-refractivity contribution in [1.82, 2.24) is 4.72 Å². The van der Waals surface area contributed by atoms with Gasteiger partial charge in [0.1, 0.15) is 5.76 Å². The molecule has 1 rings (SSSR count). The first-order valence-electron chi connectivity index (χ1n) is 5.69. The molecule has 0 amide bonds. The Bertz CT molecular complexity index is 461. The third-order valence-electron chi connectivity index (χ3n) is 3.04. The van der Waals surface area contributed by atoms with E-state index in [1.165, 1.54) is 6.07 Å². The minimum absolute atomic E-state index is 0.0777. The molecular weight excluding hydrogens is 240 g/mol. The molecule has 17 heavy (non-hydrogen) atoms. The fraction of sp³-hybridized carbons (Fsp3) is 0.636. The SMILES string of the molecule is CCC(C)(CC)NS(=O)(=O)c1ccc(CN)o1. The van der Waals surface area contributed by atoms with Crippen molar-refractivity contribution in [1.29, 1.82) is 0 Å². The summed E-state index contributed by atoms with van der Waals surface area (Å²) in [5.41, 5.74) is 4.93. The van der Waals surface area contributed by atoms with Gasteiger partial charge < -0.3 is 10.2 Å². The monoisotopic (exact) mass is 260 g/mol. The first-order valence-corrected chi connectivity index (χ1v) is 7.18. The average Bonchev–Trinajstić information content (AvgIpc) is 2.77. The smallest absolute Gasteiger partial charge is 0.274 e. The van der Waals surface area contributed by atoms with Gasteiger partial charge in [0.15, 0.2) is 0 Å². The molecule has 0 atom stereocenters. The summed E-state index contributed by atoms with van der Waals surface area (Å²) in [5.74, 6) is 0.458. The number of sulfonamides is 1. The third kappa shape index (κ3) is 3.31. The fourth-order valence-corrected chi connectivity index (χ4v) is 2.88. The quantitative estimate of drug-likeness (QED) is 0.813. The Morgan fingerprint density at radius 1 is 1.35 bits per heavy atom. The van der Waals surface area contributed by atoms with Crippen molar-refractivity contribution in [3.05, 3.63) is 17.9 Å². The molecule has 0 spiro atoms. The van der Waals surface area contributed by atoms with Crippen molar-refractivity contribution in [3.63, 3.8) is 0 Å². The summed E-state index contributed by atoms with van der Waals surface area (Å²) in [5, 5.41) is -0.0777. The Morgan fingerprint density at radius 3 is 2.35 bits per heavy atom. The maximum atomic E-state index is 12.0. The Hall–Kier alpha value is -0.850. The molecule has 0 radical (unpaired) electrons. The summed E-state index contributed by atoms with van der Waals surface area (Å²) in [7, 11) is -3.60. The molecule has 3 N–H and O–H groups in total. The number of nitrogens with one attached hydrogen (secondary N) is 1. The molecule has 0 saturated heterocycles. The maximum absolute atomic E-state index is 12.0. The van der Waals surface area contributed by atoms with Crippen LogP contribution >= 0.6 is 0 Å². The molecule has 0 bridgehead atoms. The van der Waals surface area contributed by atoms with Crippen LogP contribution in [0.25, 0.3) is 0 Å². The van der Waals surface area contributed by atoms with Gasteiger partial charge in [0.2, 0.25) is 5.09 Å². The van der Waals surface area contributed by atoms with Crippen molar-refractivity contribution in [2.45, 2.75) is 50.8 Å². The van der Waals surface area contributed by atoms with Gasteiger partial charge in [-0.2, -0.15) is 0 Å². The molecule has 0 aromatic carbocycles. The van der Waals surface area contributed by atoms with E-state index in [4.69, 9.17) is 10.2 Å². The second-order valence-electron chi connectivity index (χ2n) is 4.30. The van der Waals surface area contributed by atoms with Gasteiger partial charge in [-0.15, -0.1) is 0 Å². The van der Waals surface area contributed by atoms with E-state index in [0.29, 0.717) is 18.6 Å². The summed E-state index contributed by atoms with van der Waals surface area (Å²) in [6, 6.07) is 3.00. The Labute approximate surface area is 102 Å². The Kier molecular flexibility index (Phi) is 4.35. The molecule has 0 aliphatic carbocycles. The molecule has 1 aromatic rings. The largest absolute Gasteiger partial charge is 0.447 e. The lowest BCUT2D eigenvalue weighted by Crippen LogP contribution is -2.44. The standard InChI is InChI=1S/C11H20N2O3S/c1-4-11(3,5-2)13-17(14,15)10-7-6-9(8-12)16-10/h6-7,13H,4-5,8,12H2,1-3H3. The van der Waals surface area contributed by atoms with E-state index < -0.39 is 15.6 Å². The zero-order valence-electron chi connectivity index (χ0n) is 10.5. The predicted molar refractivity (Wildman–Crippen MR) is 65.9 cm³/mol. The molecule has 0 aliphatic heterocycles. The first kappa shape index (κ1) is 14.2. The summed E-state index contributed by atoms with van der Waals surface area (Å²) in [6.07, 6.45) is 1.43. The van der Waals surface area contributed by atoms with E-state index in [0.717, 1.165) is 0 Å². The van der Waals surface area contributed by atoms with E-state index in [-0.39, 0.29) is 11.6 Å². The van der Waals surface area contributed by atoms with Crippen LogP contribution in [0.4, 0.5) is 0 Å².